The number of phenols is 1. The first-order valence-corrected chi connectivity index (χ1v) is 11.7. The van der Waals surface area contributed by atoms with Crippen molar-refractivity contribution in [3.63, 3.8) is 0 Å². The van der Waals surface area contributed by atoms with Crippen LogP contribution in [0.4, 0.5) is 5.69 Å². The lowest BCUT2D eigenvalue weighted by molar-refractivity contribution is 0.205. The van der Waals surface area contributed by atoms with Gasteiger partial charge in [0.15, 0.2) is 5.65 Å². The van der Waals surface area contributed by atoms with Gasteiger partial charge in [-0.25, -0.2) is 9.50 Å². The van der Waals surface area contributed by atoms with Gasteiger partial charge in [-0.3, -0.25) is 9.88 Å². The molecule has 0 spiro atoms. The molecule has 0 aliphatic carbocycles. The number of nitrogen functional groups attached to an aromatic ring is 1. The quantitative estimate of drug-likeness (QED) is 0.343. The van der Waals surface area contributed by atoms with Crippen molar-refractivity contribution in [3.8, 4) is 28.1 Å². The third-order valence-electron chi connectivity index (χ3n) is 7.14. The molecule has 3 unspecified atom stereocenters. The highest BCUT2D eigenvalue weighted by Crippen LogP contribution is 2.41. The molecule has 3 N–H and O–H groups in total. The Balaban J connectivity index is 1.74. The molecule has 3 atom stereocenters. The summed E-state index contributed by atoms with van der Waals surface area (Å²) in [5, 5.41) is 15.4. The van der Waals surface area contributed by atoms with E-state index in [-0.39, 0.29) is 5.75 Å². The van der Waals surface area contributed by atoms with E-state index in [0.717, 1.165) is 47.4 Å². The maximum absolute atomic E-state index is 10.3. The van der Waals surface area contributed by atoms with Gasteiger partial charge >= 0.3 is 0 Å². The average molecular weight is 443 g/mol. The molecule has 1 aromatic carbocycles. The van der Waals surface area contributed by atoms with Crippen LogP contribution < -0.4 is 5.73 Å². The minimum absolute atomic E-state index is 0.0532. The summed E-state index contributed by atoms with van der Waals surface area (Å²) in [5.41, 5.74) is 11.6. The highest BCUT2D eigenvalue weighted by molar-refractivity contribution is 5.91. The summed E-state index contributed by atoms with van der Waals surface area (Å²) in [4.78, 5) is 11.5. The molecule has 0 radical (unpaired) electrons. The Bertz CT molecular complexity index is 1280. The highest BCUT2D eigenvalue weighted by Gasteiger charge is 2.39. The second-order valence-corrected chi connectivity index (χ2v) is 8.81. The van der Waals surface area contributed by atoms with E-state index in [1.165, 1.54) is 5.69 Å². The number of hydrogen-bond donors (Lipinski definition) is 2. The molecule has 0 amide bonds. The molecule has 3 aromatic heterocycles. The van der Waals surface area contributed by atoms with Gasteiger partial charge in [-0.2, -0.15) is 5.10 Å². The van der Waals surface area contributed by atoms with Gasteiger partial charge < -0.3 is 10.8 Å². The van der Waals surface area contributed by atoms with Crippen LogP contribution in [-0.2, 0) is 0 Å². The van der Waals surface area contributed by atoms with Crippen LogP contribution in [0.25, 0.3) is 28.0 Å². The number of pyridine rings is 1. The van der Waals surface area contributed by atoms with Crippen molar-refractivity contribution in [2.45, 2.75) is 51.6 Å². The monoisotopic (exact) mass is 442 g/mol. The SMILES string of the molecule is CCC1CC(c2ccnc3c(-c4ccc(N)c(O)c4)c(-c4ccncc4)nn23)C(C)N1CC. The highest BCUT2D eigenvalue weighted by atomic mass is 16.3. The van der Waals surface area contributed by atoms with Crippen molar-refractivity contribution in [1.29, 1.82) is 0 Å². The molecule has 0 bridgehead atoms. The Morgan fingerprint density at radius 3 is 2.52 bits per heavy atom. The lowest BCUT2D eigenvalue weighted by Crippen LogP contribution is -2.35. The summed E-state index contributed by atoms with van der Waals surface area (Å²) in [5.74, 6) is 0.413. The van der Waals surface area contributed by atoms with E-state index in [0.29, 0.717) is 23.7 Å². The van der Waals surface area contributed by atoms with Gasteiger partial charge in [0, 0.05) is 42.2 Å². The van der Waals surface area contributed by atoms with Gasteiger partial charge in [-0.15, -0.1) is 0 Å². The summed E-state index contributed by atoms with van der Waals surface area (Å²) in [6.45, 7) is 7.88. The number of phenolic OH excluding ortho intramolecular Hbond substituents is 1. The zero-order valence-electron chi connectivity index (χ0n) is 19.3. The Kier molecular flexibility index (Phi) is 5.50. The van der Waals surface area contributed by atoms with E-state index in [4.69, 9.17) is 15.8 Å². The lowest BCUT2D eigenvalue weighted by atomic mass is 9.95. The number of hydrogen-bond acceptors (Lipinski definition) is 6. The summed E-state index contributed by atoms with van der Waals surface area (Å²) >= 11 is 0. The second kappa shape index (κ2) is 8.48. The van der Waals surface area contributed by atoms with Crippen molar-refractivity contribution in [3.05, 3.63) is 60.7 Å². The minimum atomic E-state index is 0.0532. The summed E-state index contributed by atoms with van der Waals surface area (Å²) in [7, 11) is 0. The fourth-order valence-electron chi connectivity index (χ4n) is 5.43. The Morgan fingerprint density at radius 1 is 1.06 bits per heavy atom. The van der Waals surface area contributed by atoms with Crippen LogP contribution >= 0.6 is 0 Å². The summed E-state index contributed by atoms with van der Waals surface area (Å²) in [6, 6.07) is 12.3. The lowest BCUT2D eigenvalue weighted by Gasteiger charge is -2.27. The van der Waals surface area contributed by atoms with E-state index in [9.17, 15) is 5.11 Å². The number of likely N-dealkylation sites (N-methyl/N-ethyl adjacent to an activating group) is 1. The number of anilines is 1. The average Bonchev–Trinajstić information content (AvgIpc) is 3.39. The van der Waals surface area contributed by atoms with E-state index < -0.39 is 0 Å². The molecule has 1 aliphatic rings. The third kappa shape index (κ3) is 3.53. The molecule has 7 heteroatoms. The molecular weight excluding hydrogens is 412 g/mol. The standard InChI is InChI=1S/C26H30N6O/c1-4-19-15-20(16(3)31(19)5-2)22-10-13-29-26-24(18-6-7-21(27)23(33)14-18)25(30-32(22)26)17-8-11-28-12-9-17/h6-14,16,19-20,33H,4-5,15,27H2,1-3H3. The Morgan fingerprint density at radius 2 is 1.85 bits per heavy atom. The number of nitrogens with two attached hydrogens (primary N) is 1. The molecule has 1 saturated heterocycles. The third-order valence-corrected chi connectivity index (χ3v) is 7.14. The van der Waals surface area contributed by atoms with Gasteiger partial charge in [0.2, 0.25) is 0 Å². The normalized spacial score (nSPS) is 21.1. The number of nitrogens with zero attached hydrogens (tertiary/aromatic N) is 5. The van der Waals surface area contributed by atoms with E-state index in [1.807, 2.05) is 28.9 Å². The maximum Gasteiger partial charge on any atom is 0.163 e. The Hall–Kier alpha value is -3.45. The maximum atomic E-state index is 10.3. The molecule has 4 aromatic rings. The molecule has 33 heavy (non-hydrogen) atoms. The number of likely N-dealkylation sites (tertiary alicyclic amines) is 1. The van der Waals surface area contributed by atoms with Crippen molar-refractivity contribution in [1.82, 2.24) is 24.5 Å². The molecule has 4 heterocycles. The molecule has 5 rings (SSSR count). The number of benzene rings is 1. The number of fused-ring (bicyclic) bond motifs is 1. The largest absolute Gasteiger partial charge is 0.506 e. The zero-order chi connectivity index (χ0) is 23.1. The van der Waals surface area contributed by atoms with Gasteiger partial charge in [0.25, 0.3) is 0 Å². The summed E-state index contributed by atoms with van der Waals surface area (Å²) < 4.78 is 2.01. The fourth-order valence-corrected chi connectivity index (χ4v) is 5.43. The first-order chi connectivity index (χ1) is 16.0. The van der Waals surface area contributed by atoms with Gasteiger partial charge in [0.05, 0.1) is 16.9 Å². The van der Waals surface area contributed by atoms with E-state index in [1.54, 1.807) is 24.5 Å². The minimum Gasteiger partial charge on any atom is -0.506 e. The molecule has 1 fully saturated rings. The van der Waals surface area contributed by atoms with E-state index in [2.05, 4.69) is 36.7 Å². The zero-order valence-corrected chi connectivity index (χ0v) is 19.3. The van der Waals surface area contributed by atoms with Gasteiger partial charge in [-0.1, -0.05) is 19.9 Å². The smallest absolute Gasteiger partial charge is 0.163 e. The molecular formula is C26H30N6O. The topological polar surface area (TPSA) is 92.6 Å². The van der Waals surface area contributed by atoms with Crippen LogP contribution in [-0.4, -0.2) is 48.2 Å². The van der Waals surface area contributed by atoms with Crippen molar-refractivity contribution in [2.75, 3.05) is 12.3 Å². The first kappa shape index (κ1) is 21.4. The van der Waals surface area contributed by atoms with Crippen LogP contribution in [0.15, 0.2) is 55.0 Å². The Labute approximate surface area is 193 Å². The predicted molar refractivity (Wildman–Crippen MR) is 131 cm³/mol. The van der Waals surface area contributed by atoms with Crippen LogP contribution in [0.1, 0.15) is 45.2 Å². The van der Waals surface area contributed by atoms with Crippen molar-refractivity contribution >= 4 is 11.3 Å². The van der Waals surface area contributed by atoms with Crippen LogP contribution in [0.3, 0.4) is 0 Å². The van der Waals surface area contributed by atoms with Crippen LogP contribution in [0, 0.1) is 0 Å². The second-order valence-electron chi connectivity index (χ2n) is 8.81. The van der Waals surface area contributed by atoms with Crippen LogP contribution in [0.5, 0.6) is 5.75 Å². The molecule has 170 valence electrons. The fraction of sp³-hybridized carbons (Fsp3) is 0.346. The molecule has 1 aliphatic heterocycles. The first-order valence-electron chi connectivity index (χ1n) is 11.7. The predicted octanol–water partition coefficient (Wildman–Crippen LogP) is 4.72. The number of aromatic hydroxyl groups is 1. The number of rotatable bonds is 5. The summed E-state index contributed by atoms with van der Waals surface area (Å²) in [6.07, 6.45) is 7.66. The van der Waals surface area contributed by atoms with Crippen molar-refractivity contribution < 1.29 is 5.11 Å². The van der Waals surface area contributed by atoms with Crippen molar-refractivity contribution in [2.24, 2.45) is 0 Å². The number of aromatic nitrogens is 4. The molecule has 0 saturated carbocycles. The van der Waals surface area contributed by atoms with Gasteiger partial charge in [0.1, 0.15) is 11.4 Å². The van der Waals surface area contributed by atoms with Gasteiger partial charge in [-0.05, 0) is 62.2 Å². The van der Waals surface area contributed by atoms with Crippen LogP contribution in [0.2, 0.25) is 0 Å². The molecule has 7 nitrogen and oxygen atoms in total. The van der Waals surface area contributed by atoms with E-state index >= 15 is 0 Å².